The van der Waals surface area contributed by atoms with Crippen LogP contribution < -0.4 is 15.0 Å². The number of ether oxygens (including phenoxy) is 3. The number of aromatic nitrogens is 4. The monoisotopic (exact) mass is 589 g/mol. The molecule has 4 aromatic rings. The second kappa shape index (κ2) is 11.7. The van der Waals surface area contributed by atoms with Gasteiger partial charge in [-0.15, -0.1) is 0 Å². The molecular weight excluding hydrogens is 550 g/mol. The number of nitrogens with one attached hydrogen (secondary N) is 1. The molecule has 5 rings (SSSR count). The largest absolute Gasteiger partial charge is 0.466 e. The van der Waals surface area contributed by atoms with Crippen molar-refractivity contribution in [1.29, 1.82) is 0 Å². The summed E-state index contributed by atoms with van der Waals surface area (Å²) in [6.07, 6.45) is 2.38. The minimum absolute atomic E-state index is 0.00117. The van der Waals surface area contributed by atoms with E-state index in [0.717, 1.165) is 35.1 Å². The number of aryl methyl sites for hydroxylation is 2. The van der Waals surface area contributed by atoms with Crippen LogP contribution in [-0.2, 0) is 16.5 Å². The SMILES string of the molecule is CNC(=O)c1nc(-c2cc3cn(C)nc3c(C)c2OCOC)nc2ccc(N3CC[C@@H](N(C)C(=O)OC(C)(C)C)C3)cc12. The summed E-state index contributed by atoms with van der Waals surface area (Å²) in [7, 11) is 6.77. The zero-order chi connectivity index (χ0) is 31.1. The molecule has 43 heavy (non-hydrogen) atoms. The molecular formula is C31H39N7O5. The second-order valence-electron chi connectivity index (χ2n) is 11.8. The van der Waals surface area contributed by atoms with E-state index in [4.69, 9.17) is 24.2 Å². The van der Waals surface area contributed by atoms with Gasteiger partial charge in [0.2, 0.25) is 0 Å². The zero-order valence-corrected chi connectivity index (χ0v) is 26.0. The summed E-state index contributed by atoms with van der Waals surface area (Å²) < 4.78 is 18.5. The second-order valence-corrected chi connectivity index (χ2v) is 11.8. The average molecular weight is 590 g/mol. The number of hydrogen-bond donors (Lipinski definition) is 1. The molecule has 1 N–H and O–H groups in total. The maximum Gasteiger partial charge on any atom is 0.410 e. The third-order valence-electron chi connectivity index (χ3n) is 7.54. The predicted molar refractivity (Wildman–Crippen MR) is 164 cm³/mol. The molecule has 0 spiro atoms. The van der Waals surface area contributed by atoms with Gasteiger partial charge in [0.15, 0.2) is 12.6 Å². The first-order valence-corrected chi connectivity index (χ1v) is 14.2. The van der Waals surface area contributed by atoms with Crippen LogP contribution in [0.1, 0.15) is 43.2 Å². The molecule has 12 nitrogen and oxygen atoms in total. The van der Waals surface area contributed by atoms with Gasteiger partial charge in [-0.3, -0.25) is 9.48 Å². The number of methoxy groups -OCH3 is 1. The van der Waals surface area contributed by atoms with E-state index >= 15 is 0 Å². The Bertz CT molecular complexity index is 1690. The summed E-state index contributed by atoms with van der Waals surface area (Å²) in [5.74, 6) is 0.580. The van der Waals surface area contributed by atoms with Crippen LogP contribution in [0.4, 0.5) is 10.5 Å². The molecule has 228 valence electrons. The molecule has 1 aliphatic heterocycles. The Morgan fingerprint density at radius 1 is 1.19 bits per heavy atom. The number of anilines is 1. The predicted octanol–water partition coefficient (Wildman–Crippen LogP) is 4.28. The molecule has 3 heterocycles. The minimum atomic E-state index is -0.559. The smallest absolute Gasteiger partial charge is 0.410 e. The van der Waals surface area contributed by atoms with Crippen molar-refractivity contribution in [3.05, 3.63) is 41.7 Å². The fourth-order valence-electron chi connectivity index (χ4n) is 5.40. The molecule has 0 saturated carbocycles. The Morgan fingerprint density at radius 2 is 1.95 bits per heavy atom. The first kappa shape index (κ1) is 30.0. The van der Waals surface area contributed by atoms with E-state index in [-0.39, 0.29) is 30.5 Å². The molecule has 0 aliphatic carbocycles. The van der Waals surface area contributed by atoms with Crippen LogP contribution >= 0.6 is 0 Å². The lowest BCUT2D eigenvalue weighted by atomic mass is 10.0. The van der Waals surface area contributed by atoms with Gasteiger partial charge in [-0.2, -0.15) is 5.10 Å². The Kier molecular flexibility index (Phi) is 8.15. The molecule has 12 heteroatoms. The van der Waals surface area contributed by atoms with E-state index in [1.165, 1.54) is 0 Å². The van der Waals surface area contributed by atoms with Crippen LogP contribution in [0.15, 0.2) is 30.5 Å². The lowest BCUT2D eigenvalue weighted by Gasteiger charge is -2.29. The van der Waals surface area contributed by atoms with E-state index in [1.807, 2.05) is 65.2 Å². The van der Waals surface area contributed by atoms with Gasteiger partial charge in [-0.05, 0) is 58.4 Å². The van der Waals surface area contributed by atoms with Crippen molar-refractivity contribution in [3.8, 4) is 17.1 Å². The van der Waals surface area contributed by atoms with Crippen molar-refractivity contribution in [3.63, 3.8) is 0 Å². The quantitative estimate of drug-likeness (QED) is 0.315. The average Bonchev–Trinajstić information content (AvgIpc) is 3.61. The molecule has 2 aromatic heterocycles. The van der Waals surface area contributed by atoms with E-state index in [1.54, 1.807) is 30.8 Å². The Balaban J connectivity index is 1.53. The summed E-state index contributed by atoms with van der Waals surface area (Å²) in [6.45, 7) is 8.93. The maximum absolute atomic E-state index is 13.2. The van der Waals surface area contributed by atoms with Crippen LogP contribution in [-0.4, -0.2) is 89.4 Å². The van der Waals surface area contributed by atoms with Crippen LogP contribution in [0.5, 0.6) is 5.75 Å². The van der Waals surface area contributed by atoms with Gasteiger partial charge in [0.25, 0.3) is 5.91 Å². The summed E-state index contributed by atoms with van der Waals surface area (Å²) in [6, 6.07) is 7.75. The standard InChI is InChI=1S/C31H39N7O5/c1-18-25-19(15-36(6)35-25)13-23(27(18)42-17-41-8)28-33-24-10-9-20(14-22(24)26(34-28)29(39)32-5)38-12-11-21(16-38)37(7)30(40)43-31(2,3)4/h9-10,13-15,21H,11-12,16-17H2,1-8H3,(H,32,39)/t21-/m1/s1. The number of carbonyl (C=O) groups excluding carboxylic acids is 2. The van der Waals surface area contributed by atoms with Gasteiger partial charge >= 0.3 is 6.09 Å². The first-order valence-electron chi connectivity index (χ1n) is 14.2. The summed E-state index contributed by atoms with van der Waals surface area (Å²) in [5, 5.41) is 8.82. The zero-order valence-electron chi connectivity index (χ0n) is 26.0. The Labute approximate surface area is 250 Å². The third-order valence-corrected chi connectivity index (χ3v) is 7.54. The van der Waals surface area contributed by atoms with Crippen LogP contribution in [0.2, 0.25) is 0 Å². The number of amides is 2. The number of likely N-dealkylation sites (N-methyl/N-ethyl adjacent to an activating group) is 1. The number of fused-ring (bicyclic) bond motifs is 2. The fourth-order valence-corrected chi connectivity index (χ4v) is 5.40. The number of benzene rings is 2. The van der Waals surface area contributed by atoms with E-state index in [2.05, 4.69) is 15.3 Å². The summed E-state index contributed by atoms with van der Waals surface area (Å²) >= 11 is 0. The fraction of sp³-hybridized carbons (Fsp3) is 0.452. The number of nitrogens with zero attached hydrogens (tertiary/aromatic N) is 6. The van der Waals surface area contributed by atoms with E-state index in [9.17, 15) is 9.59 Å². The molecule has 2 aromatic carbocycles. The molecule has 0 unspecified atom stereocenters. The van der Waals surface area contributed by atoms with Crippen molar-refractivity contribution in [2.75, 3.05) is 46.0 Å². The van der Waals surface area contributed by atoms with Crippen molar-refractivity contribution in [2.24, 2.45) is 7.05 Å². The molecule has 1 atom stereocenters. The molecule has 1 fully saturated rings. The third kappa shape index (κ3) is 6.05. The van der Waals surface area contributed by atoms with Crippen molar-refractivity contribution in [2.45, 2.75) is 45.8 Å². The maximum atomic E-state index is 13.2. The van der Waals surface area contributed by atoms with Gasteiger partial charge < -0.3 is 29.3 Å². The minimum Gasteiger partial charge on any atom is -0.466 e. The highest BCUT2D eigenvalue weighted by Crippen LogP contribution is 2.38. The molecule has 0 bridgehead atoms. The van der Waals surface area contributed by atoms with Crippen LogP contribution in [0.25, 0.3) is 33.2 Å². The van der Waals surface area contributed by atoms with E-state index < -0.39 is 5.60 Å². The highest BCUT2D eigenvalue weighted by molar-refractivity contribution is 6.06. The summed E-state index contributed by atoms with van der Waals surface area (Å²) in [4.78, 5) is 39.3. The molecule has 1 saturated heterocycles. The number of hydrogen-bond acceptors (Lipinski definition) is 9. The van der Waals surface area contributed by atoms with Gasteiger partial charge in [-0.25, -0.2) is 14.8 Å². The number of carbonyl (C=O) groups is 2. The highest BCUT2D eigenvalue weighted by atomic mass is 16.7. The van der Waals surface area contributed by atoms with Gasteiger partial charge in [0.1, 0.15) is 17.0 Å². The Hall–Kier alpha value is -4.45. The van der Waals surface area contributed by atoms with Crippen molar-refractivity contribution < 1.29 is 23.8 Å². The van der Waals surface area contributed by atoms with Crippen molar-refractivity contribution in [1.82, 2.24) is 30.0 Å². The van der Waals surface area contributed by atoms with Gasteiger partial charge in [0.05, 0.1) is 22.6 Å². The van der Waals surface area contributed by atoms with Gasteiger partial charge in [0, 0.05) is 69.6 Å². The summed E-state index contributed by atoms with van der Waals surface area (Å²) in [5.41, 5.74) is 3.50. The topological polar surface area (TPSA) is 124 Å². The van der Waals surface area contributed by atoms with Gasteiger partial charge in [-0.1, -0.05) is 0 Å². The van der Waals surface area contributed by atoms with Crippen LogP contribution in [0.3, 0.4) is 0 Å². The molecule has 0 radical (unpaired) electrons. The normalized spacial score (nSPS) is 15.3. The lowest BCUT2D eigenvalue weighted by Crippen LogP contribution is -2.42. The van der Waals surface area contributed by atoms with E-state index in [0.29, 0.717) is 34.6 Å². The van der Waals surface area contributed by atoms with Crippen molar-refractivity contribution >= 4 is 39.5 Å². The lowest BCUT2D eigenvalue weighted by molar-refractivity contribution is 0.0237. The Morgan fingerprint density at radius 3 is 2.65 bits per heavy atom. The van der Waals surface area contributed by atoms with Crippen LogP contribution in [0, 0.1) is 6.92 Å². The highest BCUT2D eigenvalue weighted by Gasteiger charge is 2.31. The molecule has 2 amide bonds. The first-order chi connectivity index (χ1) is 20.4. The number of rotatable bonds is 7. The molecule has 1 aliphatic rings.